The summed E-state index contributed by atoms with van der Waals surface area (Å²) in [6, 6.07) is 7.23. The first-order valence-corrected chi connectivity index (χ1v) is 10.7. The lowest BCUT2D eigenvalue weighted by Crippen LogP contribution is -2.40. The van der Waals surface area contributed by atoms with Gasteiger partial charge in [-0.2, -0.15) is 4.31 Å². The molecule has 0 atom stereocenters. The molecule has 1 aliphatic heterocycles. The average molecular weight is 368 g/mol. The molecule has 0 amide bonds. The fraction of sp³-hybridized carbons (Fsp3) is 0.632. The Bertz CT molecular complexity index is 647. The summed E-state index contributed by atoms with van der Waals surface area (Å²) in [6.07, 6.45) is 5.52. The second-order valence-electron chi connectivity index (χ2n) is 6.53. The van der Waals surface area contributed by atoms with Crippen LogP contribution in [0.5, 0.6) is 0 Å². The van der Waals surface area contributed by atoms with Gasteiger partial charge < -0.3 is 4.74 Å². The Labute approximate surface area is 151 Å². The molecule has 6 heteroatoms. The van der Waals surface area contributed by atoms with Gasteiger partial charge >= 0.3 is 5.97 Å². The third-order valence-corrected chi connectivity index (χ3v) is 6.62. The molecule has 25 heavy (non-hydrogen) atoms. The standard InChI is InChI=1S/C19H29NO4S/c1-3-5-6-7-16-8-10-18(11-9-16)25(22,23)20-14-12-17(13-15-20)19(21)24-4-2/h8-11,17H,3-7,12-15H2,1-2H3. The highest BCUT2D eigenvalue weighted by Gasteiger charge is 2.32. The SMILES string of the molecule is CCCCCc1ccc(S(=O)(=O)N2CCC(C(=O)OCC)CC2)cc1. The van der Waals surface area contributed by atoms with Crippen LogP contribution in [0.25, 0.3) is 0 Å². The highest BCUT2D eigenvalue weighted by Crippen LogP contribution is 2.25. The van der Waals surface area contributed by atoms with Crippen molar-refractivity contribution in [2.75, 3.05) is 19.7 Å². The van der Waals surface area contributed by atoms with Crippen molar-refractivity contribution >= 4 is 16.0 Å². The molecule has 140 valence electrons. The maximum absolute atomic E-state index is 12.8. The van der Waals surface area contributed by atoms with Gasteiger partial charge in [-0.1, -0.05) is 31.9 Å². The molecule has 1 saturated heterocycles. The van der Waals surface area contributed by atoms with Crippen molar-refractivity contribution in [2.45, 2.75) is 57.3 Å². The Morgan fingerprint density at radius 1 is 1.12 bits per heavy atom. The Morgan fingerprint density at radius 2 is 1.76 bits per heavy atom. The number of nitrogens with zero attached hydrogens (tertiary/aromatic N) is 1. The van der Waals surface area contributed by atoms with Gasteiger partial charge in [0.05, 0.1) is 17.4 Å². The largest absolute Gasteiger partial charge is 0.466 e. The Balaban J connectivity index is 1.96. The van der Waals surface area contributed by atoms with Gasteiger partial charge in [0.25, 0.3) is 0 Å². The Hall–Kier alpha value is -1.40. The lowest BCUT2D eigenvalue weighted by Gasteiger charge is -2.30. The van der Waals surface area contributed by atoms with Crippen molar-refractivity contribution < 1.29 is 17.9 Å². The first-order valence-electron chi connectivity index (χ1n) is 9.24. The van der Waals surface area contributed by atoms with Crippen molar-refractivity contribution in [1.29, 1.82) is 0 Å². The van der Waals surface area contributed by atoms with Gasteiger partial charge in [-0.15, -0.1) is 0 Å². The Morgan fingerprint density at radius 3 is 2.32 bits per heavy atom. The van der Waals surface area contributed by atoms with Crippen molar-refractivity contribution in [2.24, 2.45) is 5.92 Å². The van der Waals surface area contributed by atoms with Crippen LogP contribution in [0, 0.1) is 5.92 Å². The second kappa shape index (κ2) is 9.34. The molecule has 1 fully saturated rings. The predicted octanol–water partition coefficient (Wildman–Crippen LogP) is 3.38. The fourth-order valence-corrected chi connectivity index (χ4v) is 4.62. The molecule has 0 spiro atoms. The third kappa shape index (κ3) is 5.28. The zero-order valence-corrected chi connectivity index (χ0v) is 16.1. The number of piperidine rings is 1. The molecular formula is C19H29NO4S. The molecule has 2 rings (SSSR count). The lowest BCUT2D eigenvalue weighted by molar-refractivity contribution is -0.149. The zero-order chi connectivity index (χ0) is 18.3. The summed E-state index contributed by atoms with van der Waals surface area (Å²) >= 11 is 0. The van der Waals surface area contributed by atoms with E-state index in [2.05, 4.69) is 6.92 Å². The van der Waals surface area contributed by atoms with Crippen LogP contribution >= 0.6 is 0 Å². The lowest BCUT2D eigenvalue weighted by atomic mass is 9.98. The summed E-state index contributed by atoms with van der Waals surface area (Å²) < 4.78 is 32.1. The summed E-state index contributed by atoms with van der Waals surface area (Å²) in [6.45, 7) is 5.04. The van der Waals surface area contributed by atoms with Crippen LogP contribution in [0.2, 0.25) is 0 Å². The minimum atomic E-state index is -3.48. The molecule has 1 heterocycles. The Kier molecular flexibility index (Phi) is 7.44. The summed E-state index contributed by atoms with van der Waals surface area (Å²) in [5.41, 5.74) is 1.17. The van der Waals surface area contributed by atoms with Crippen molar-refractivity contribution in [3.05, 3.63) is 29.8 Å². The van der Waals surface area contributed by atoms with E-state index in [0.717, 1.165) is 12.8 Å². The third-order valence-electron chi connectivity index (χ3n) is 4.70. The molecule has 0 radical (unpaired) electrons. The maximum Gasteiger partial charge on any atom is 0.309 e. The van der Waals surface area contributed by atoms with Crippen molar-refractivity contribution in [1.82, 2.24) is 4.31 Å². The van der Waals surface area contributed by atoms with Gasteiger partial charge in [0.1, 0.15) is 0 Å². The molecule has 5 nitrogen and oxygen atoms in total. The molecule has 0 N–H and O–H groups in total. The fourth-order valence-electron chi connectivity index (χ4n) is 3.15. The summed E-state index contributed by atoms with van der Waals surface area (Å²) in [5, 5.41) is 0. The minimum absolute atomic E-state index is 0.188. The van der Waals surface area contributed by atoms with Crippen LogP contribution in [-0.2, 0) is 26.0 Å². The number of carbonyl (C=O) groups is 1. The number of ether oxygens (including phenoxy) is 1. The normalized spacial score (nSPS) is 16.7. The highest BCUT2D eigenvalue weighted by molar-refractivity contribution is 7.89. The van der Waals surface area contributed by atoms with Crippen LogP contribution in [0.3, 0.4) is 0 Å². The monoisotopic (exact) mass is 367 g/mol. The van der Waals surface area contributed by atoms with E-state index in [0.29, 0.717) is 37.4 Å². The van der Waals surface area contributed by atoms with Gasteiger partial charge in [-0.05, 0) is 50.3 Å². The number of aryl methyl sites for hydroxylation is 1. The van der Waals surface area contributed by atoms with E-state index in [1.165, 1.54) is 22.7 Å². The number of rotatable bonds is 8. The maximum atomic E-state index is 12.8. The number of unbranched alkanes of at least 4 members (excludes halogenated alkanes) is 2. The first kappa shape index (κ1) is 19.9. The molecule has 1 aliphatic rings. The van der Waals surface area contributed by atoms with E-state index in [1.807, 2.05) is 12.1 Å². The van der Waals surface area contributed by atoms with Crippen molar-refractivity contribution in [3.63, 3.8) is 0 Å². The topological polar surface area (TPSA) is 63.7 Å². The molecule has 0 saturated carbocycles. The summed E-state index contributed by atoms with van der Waals surface area (Å²) in [5.74, 6) is -0.400. The van der Waals surface area contributed by atoms with E-state index in [9.17, 15) is 13.2 Å². The molecule has 0 aliphatic carbocycles. The van der Waals surface area contributed by atoms with Crippen LogP contribution < -0.4 is 0 Å². The number of hydrogen-bond acceptors (Lipinski definition) is 4. The van der Waals surface area contributed by atoms with E-state index in [4.69, 9.17) is 4.74 Å². The van der Waals surface area contributed by atoms with Crippen LogP contribution in [0.1, 0.15) is 51.5 Å². The summed E-state index contributed by atoms with van der Waals surface area (Å²) in [7, 11) is -3.48. The quantitative estimate of drug-likeness (QED) is 0.522. The predicted molar refractivity (Wildman–Crippen MR) is 97.8 cm³/mol. The van der Waals surface area contributed by atoms with Gasteiger partial charge in [0.2, 0.25) is 10.0 Å². The van der Waals surface area contributed by atoms with Gasteiger partial charge in [0.15, 0.2) is 0 Å². The zero-order valence-electron chi connectivity index (χ0n) is 15.2. The van der Waals surface area contributed by atoms with Crippen LogP contribution in [-0.4, -0.2) is 38.4 Å². The second-order valence-corrected chi connectivity index (χ2v) is 8.47. The molecule has 0 aromatic heterocycles. The molecular weight excluding hydrogens is 338 g/mol. The average Bonchev–Trinajstić information content (AvgIpc) is 2.63. The molecule has 1 aromatic rings. The highest BCUT2D eigenvalue weighted by atomic mass is 32.2. The van der Waals surface area contributed by atoms with E-state index in [-0.39, 0.29) is 11.9 Å². The summed E-state index contributed by atoms with van der Waals surface area (Å²) in [4.78, 5) is 12.1. The van der Waals surface area contributed by atoms with E-state index < -0.39 is 10.0 Å². The number of hydrogen-bond donors (Lipinski definition) is 0. The van der Waals surface area contributed by atoms with E-state index >= 15 is 0 Å². The smallest absolute Gasteiger partial charge is 0.309 e. The number of carbonyl (C=O) groups excluding carboxylic acids is 1. The van der Waals surface area contributed by atoms with Crippen molar-refractivity contribution in [3.8, 4) is 0 Å². The molecule has 0 bridgehead atoms. The van der Waals surface area contributed by atoms with Gasteiger partial charge in [-0.25, -0.2) is 8.42 Å². The number of benzene rings is 1. The number of esters is 1. The minimum Gasteiger partial charge on any atom is -0.466 e. The van der Waals surface area contributed by atoms with Gasteiger partial charge in [-0.3, -0.25) is 4.79 Å². The van der Waals surface area contributed by atoms with Crippen LogP contribution in [0.4, 0.5) is 0 Å². The van der Waals surface area contributed by atoms with Gasteiger partial charge in [0, 0.05) is 13.1 Å². The first-order chi connectivity index (χ1) is 12.0. The van der Waals surface area contributed by atoms with Crippen LogP contribution in [0.15, 0.2) is 29.2 Å². The molecule has 0 unspecified atom stereocenters. The molecule has 1 aromatic carbocycles. The van der Waals surface area contributed by atoms with E-state index in [1.54, 1.807) is 19.1 Å². The number of sulfonamides is 1.